The van der Waals surface area contributed by atoms with Crippen LogP contribution in [0.5, 0.6) is 5.75 Å². The number of carboxylic acid groups (broad SMARTS) is 1. The van der Waals surface area contributed by atoms with Crippen molar-refractivity contribution in [2.24, 2.45) is 5.92 Å². The zero-order valence-electron chi connectivity index (χ0n) is 10.4. The molecule has 4 heteroatoms. The van der Waals surface area contributed by atoms with Gasteiger partial charge in [0.25, 0.3) is 0 Å². The number of aromatic carboxylic acids is 1. The average molecular weight is 269 g/mol. The van der Waals surface area contributed by atoms with Crippen LogP contribution in [-0.2, 0) is 0 Å². The predicted molar refractivity (Wildman–Crippen MR) is 70.5 cm³/mol. The molecule has 2 unspecified atom stereocenters. The molecule has 2 rings (SSSR count). The molecule has 1 aliphatic carbocycles. The Morgan fingerprint density at radius 2 is 2.22 bits per heavy atom. The third-order valence-corrected chi connectivity index (χ3v) is 3.59. The molecule has 1 fully saturated rings. The van der Waals surface area contributed by atoms with E-state index in [0.29, 0.717) is 16.7 Å². The summed E-state index contributed by atoms with van der Waals surface area (Å²) in [6.07, 6.45) is 4.47. The Kier molecular flexibility index (Phi) is 4.12. The second-order valence-electron chi connectivity index (χ2n) is 4.96. The van der Waals surface area contributed by atoms with Crippen LogP contribution in [0.1, 0.15) is 43.0 Å². The van der Waals surface area contributed by atoms with Gasteiger partial charge in [-0.2, -0.15) is 0 Å². The Hall–Kier alpha value is -1.22. The molecule has 0 bridgehead atoms. The minimum absolute atomic E-state index is 0.119. The van der Waals surface area contributed by atoms with Gasteiger partial charge in [-0.05, 0) is 43.4 Å². The van der Waals surface area contributed by atoms with E-state index in [1.807, 2.05) is 0 Å². The highest BCUT2D eigenvalue weighted by molar-refractivity contribution is 6.31. The largest absolute Gasteiger partial charge is 0.490 e. The molecule has 3 nitrogen and oxygen atoms in total. The Bertz CT molecular complexity index is 445. The van der Waals surface area contributed by atoms with Gasteiger partial charge in [-0.3, -0.25) is 0 Å². The first-order valence-corrected chi connectivity index (χ1v) is 6.63. The summed E-state index contributed by atoms with van der Waals surface area (Å²) in [6, 6.07) is 4.74. The standard InChI is InChI=1S/C14H17ClO3/c1-9-3-2-4-11(7-9)18-13-6-5-10(15)8-12(13)14(16)17/h5-6,8-9,11H,2-4,7H2,1H3,(H,16,17). The van der Waals surface area contributed by atoms with Crippen LogP contribution < -0.4 is 4.74 Å². The molecule has 1 N–H and O–H groups in total. The van der Waals surface area contributed by atoms with Crippen molar-refractivity contribution in [1.29, 1.82) is 0 Å². The lowest BCUT2D eigenvalue weighted by atomic mass is 9.88. The summed E-state index contributed by atoms with van der Waals surface area (Å²) >= 11 is 5.81. The van der Waals surface area contributed by atoms with Gasteiger partial charge in [-0.1, -0.05) is 24.9 Å². The fourth-order valence-corrected chi connectivity index (χ4v) is 2.61. The van der Waals surface area contributed by atoms with E-state index in [9.17, 15) is 4.79 Å². The molecular formula is C14H17ClO3. The molecule has 2 atom stereocenters. The number of hydrogen-bond acceptors (Lipinski definition) is 2. The van der Waals surface area contributed by atoms with E-state index < -0.39 is 5.97 Å². The first kappa shape index (κ1) is 13.2. The van der Waals surface area contributed by atoms with Gasteiger partial charge in [-0.15, -0.1) is 0 Å². The molecule has 1 saturated carbocycles. The summed E-state index contributed by atoms with van der Waals surface area (Å²) in [5.41, 5.74) is 0.140. The molecule has 0 aromatic heterocycles. The third-order valence-electron chi connectivity index (χ3n) is 3.35. The van der Waals surface area contributed by atoms with Crippen molar-refractivity contribution < 1.29 is 14.6 Å². The van der Waals surface area contributed by atoms with E-state index in [-0.39, 0.29) is 11.7 Å². The van der Waals surface area contributed by atoms with Crippen LogP contribution in [0, 0.1) is 5.92 Å². The van der Waals surface area contributed by atoms with E-state index in [2.05, 4.69) is 6.92 Å². The van der Waals surface area contributed by atoms with Crippen LogP contribution in [0.25, 0.3) is 0 Å². The Morgan fingerprint density at radius 3 is 2.89 bits per heavy atom. The second kappa shape index (κ2) is 5.61. The van der Waals surface area contributed by atoms with Crippen molar-refractivity contribution in [3.8, 4) is 5.75 Å². The van der Waals surface area contributed by atoms with Gasteiger partial charge in [0, 0.05) is 5.02 Å². The van der Waals surface area contributed by atoms with Crippen LogP contribution in [-0.4, -0.2) is 17.2 Å². The van der Waals surface area contributed by atoms with E-state index in [1.54, 1.807) is 12.1 Å². The quantitative estimate of drug-likeness (QED) is 0.901. The lowest BCUT2D eigenvalue weighted by Crippen LogP contribution is -2.24. The fourth-order valence-electron chi connectivity index (χ4n) is 2.44. The molecule has 1 aliphatic rings. The lowest BCUT2D eigenvalue weighted by molar-refractivity contribution is 0.0683. The maximum atomic E-state index is 11.1. The van der Waals surface area contributed by atoms with Crippen molar-refractivity contribution in [1.82, 2.24) is 0 Å². The molecule has 1 aromatic carbocycles. The molecule has 0 amide bonds. The van der Waals surface area contributed by atoms with E-state index in [0.717, 1.165) is 19.3 Å². The molecule has 1 aromatic rings. The molecular weight excluding hydrogens is 252 g/mol. The van der Waals surface area contributed by atoms with Crippen LogP contribution in [0.2, 0.25) is 5.02 Å². The van der Waals surface area contributed by atoms with Crippen molar-refractivity contribution in [3.05, 3.63) is 28.8 Å². The number of benzene rings is 1. The van der Waals surface area contributed by atoms with Crippen molar-refractivity contribution in [2.75, 3.05) is 0 Å². The smallest absolute Gasteiger partial charge is 0.339 e. The van der Waals surface area contributed by atoms with Crippen LogP contribution in [0.15, 0.2) is 18.2 Å². The summed E-state index contributed by atoms with van der Waals surface area (Å²) < 4.78 is 5.83. The zero-order valence-corrected chi connectivity index (χ0v) is 11.1. The van der Waals surface area contributed by atoms with Crippen molar-refractivity contribution >= 4 is 17.6 Å². The van der Waals surface area contributed by atoms with Crippen LogP contribution >= 0.6 is 11.6 Å². The Morgan fingerprint density at radius 1 is 1.44 bits per heavy atom. The lowest BCUT2D eigenvalue weighted by Gasteiger charge is -2.27. The van der Waals surface area contributed by atoms with Crippen LogP contribution in [0.3, 0.4) is 0 Å². The minimum atomic E-state index is -1.00. The number of hydrogen-bond donors (Lipinski definition) is 1. The number of rotatable bonds is 3. The SMILES string of the molecule is CC1CCCC(Oc2ccc(Cl)cc2C(=O)O)C1. The van der Waals surface area contributed by atoms with Gasteiger partial charge in [0.15, 0.2) is 0 Å². The van der Waals surface area contributed by atoms with Gasteiger partial charge >= 0.3 is 5.97 Å². The van der Waals surface area contributed by atoms with Crippen molar-refractivity contribution in [3.63, 3.8) is 0 Å². The highest BCUT2D eigenvalue weighted by Gasteiger charge is 2.22. The van der Waals surface area contributed by atoms with E-state index in [4.69, 9.17) is 21.4 Å². The topological polar surface area (TPSA) is 46.5 Å². The molecule has 98 valence electrons. The average Bonchev–Trinajstić information content (AvgIpc) is 2.31. The summed E-state index contributed by atoms with van der Waals surface area (Å²) in [7, 11) is 0. The molecule has 18 heavy (non-hydrogen) atoms. The number of carbonyl (C=O) groups is 1. The molecule has 0 saturated heterocycles. The van der Waals surface area contributed by atoms with Crippen LogP contribution in [0.4, 0.5) is 0 Å². The number of halogens is 1. The van der Waals surface area contributed by atoms with E-state index in [1.165, 1.54) is 12.5 Å². The molecule has 0 heterocycles. The van der Waals surface area contributed by atoms with Gasteiger partial charge in [0.05, 0.1) is 6.10 Å². The van der Waals surface area contributed by atoms with Gasteiger partial charge in [0.1, 0.15) is 11.3 Å². The monoisotopic (exact) mass is 268 g/mol. The predicted octanol–water partition coefficient (Wildman–Crippen LogP) is 4.00. The Balaban J connectivity index is 2.15. The second-order valence-corrected chi connectivity index (χ2v) is 5.39. The number of ether oxygens (including phenoxy) is 1. The maximum Gasteiger partial charge on any atom is 0.339 e. The minimum Gasteiger partial charge on any atom is -0.490 e. The molecule has 0 aliphatic heterocycles. The normalized spacial score (nSPS) is 23.7. The Labute approximate surface area is 112 Å². The van der Waals surface area contributed by atoms with Gasteiger partial charge in [-0.25, -0.2) is 4.79 Å². The van der Waals surface area contributed by atoms with Gasteiger partial charge < -0.3 is 9.84 Å². The van der Waals surface area contributed by atoms with Gasteiger partial charge in [0.2, 0.25) is 0 Å². The highest BCUT2D eigenvalue weighted by atomic mass is 35.5. The summed E-state index contributed by atoms with van der Waals surface area (Å²) in [6.45, 7) is 2.20. The fraction of sp³-hybridized carbons (Fsp3) is 0.500. The summed E-state index contributed by atoms with van der Waals surface area (Å²) in [5.74, 6) is 0.0617. The highest BCUT2D eigenvalue weighted by Crippen LogP contribution is 2.30. The third kappa shape index (κ3) is 3.16. The first-order valence-electron chi connectivity index (χ1n) is 6.25. The van der Waals surface area contributed by atoms with E-state index >= 15 is 0 Å². The maximum absolute atomic E-state index is 11.1. The molecule has 0 spiro atoms. The zero-order chi connectivity index (χ0) is 13.1. The first-order chi connectivity index (χ1) is 8.56. The molecule has 0 radical (unpaired) electrons. The summed E-state index contributed by atoms with van der Waals surface area (Å²) in [5, 5.41) is 9.55. The summed E-state index contributed by atoms with van der Waals surface area (Å²) in [4.78, 5) is 11.1. The number of carboxylic acids is 1. The van der Waals surface area contributed by atoms with Crippen molar-refractivity contribution in [2.45, 2.75) is 38.7 Å².